The fraction of sp³-hybridized carbons (Fsp3) is 0.350. The highest BCUT2D eigenvalue weighted by molar-refractivity contribution is 5.90. The molecule has 0 spiro atoms. The first-order chi connectivity index (χ1) is 13.0. The third-order valence-electron chi connectivity index (χ3n) is 3.65. The van der Waals surface area contributed by atoms with Gasteiger partial charge in [0.1, 0.15) is 5.75 Å². The van der Waals surface area contributed by atoms with E-state index in [2.05, 4.69) is 10.6 Å². The summed E-state index contributed by atoms with van der Waals surface area (Å²) in [6.45, 7) is 4.30. The molecule has 0 fully saturated rings. The molecule has 2 amide bonds. The Kier molecular flexibility index (Phi) is 7.16. The van der Waals surface area contributed by atoms with E-state index < -0.39 is 0 Å². The van der Waals surface area contributed by atoms with Crippen molar-refractivity contribution >= 4 is 11.7 Å². The van der Waals surface area contributed by atoms with E-state index in [9.17, 15) is 4.79 Å². The molecule has 0 aliphatic heterocycles. The molecule has 0 radical (unpaired) electrons. The molecule has 0 unspecified atom stereocenters. The first-order valence-corrected chi connectivity index (χ1v) is 8.57. The Balaban J connectivity index is 2.02. The van der Waals surface area contributed by atoms with Gasteiger partial charge >= 0.3 is 6.03 Å². The Labute approximate surface area is 159 Å². The lowest BCUT2D eigenvalue weighted by Crippen LogP contribution is -2.28. The van der Waals surface area contributed by atoms with Gasteiger partial charge in [0.15, 0.2) is 11.5 Å². The number of hydrogen-bond acceptors (Lipinski definition) is 5. The molecule has 0 saturated carbocycles. The van der Waals surface area contributed by atoms with Crippen LogP contribution in [0.4, 0.5) is 10.5 Å². The Morgan fingerprint density at radius 1 is 1.00 bits per heavy atom. The predicted octanol–water partition coefficient (Wildman–Crippen LogP) is 3.82. The van der Waals surface area contributed by atoms with Gasteiger partial charge in [-0.25, -0.2) is 4.79 Å². The first-order valence-electron chi connectivity index (χ1n) is 8.57. The normalized spacial score (nSPS) is 10.3. The van der Waals surface area contributed by atoms with Crippen LogP contribution in [-0.2, 0) is 6.54 Å². The van der Waals surface area contributed by atoms with E-state index in [0.29, 0.717) is 29.5 Å². The van der Waals surface area contributed by atoms with Crippen LogP contribution in [0.2, 0.25) is 0 Å². The van der Waals surface area contributed by atoms with Crippen LogP contribution in [0.15, 0.2) is 36.4 Å². The molecule has 2 aromatic carbocycles. The summed E-state index contributed by atoms with van der Waals surface area (Å²) in [6.07, 6.45) is 0.0940. The molecule has 2 rings (SSSR count). The van der Waals surface area contributed by atoms with Crippen LogP contribution >= 0.6 is 0 Å². The lowest BCUT2D eigenvalue weighted by molar-refractivity contribution is 0.242. The number of benzene rings is 2. The molecule has 146 valence electrons. The Bertz CT molecular complexity index is 752. The summed E-state index contributed by atoms with van der Waals surface area (Å²) < 4.78 is 21.5. The van der Waals surface area contributed by atoms with Crippen molar-refractivity contribution in [1.82, 2.24) is 5.32 Å². The molecule has 0 atom stereocenters. The minimum atomic E-state index is -0.348. The number of rotatable bonds is 8. The Morgan fingerprint density at radius 2 is 1.67 bits per heavy atom. The van der Waals surface area contributed by atoms with Crippen LogP contribution in [0.5, 0.6) is 23.0 Å². The predicted molar refractivity (Wildman–Crippen MR) is 104 cm³/mol. The van der Waals surface area contributed by atoms with Crippen LogP contribution < -0.4 is 29.6 Å². The Morgan fingerprint density at radius 3 is 2.22 bits per heavy atom. The molecule has 0 bridgehead atoms. The fourth-order valence-electron chi connectivity index (χ4n) is 2.51. The molecular formula is C20H26N2O5. The van der Waals surface area contributed by atoms with Crippen LogP contribution in [0.25, 0.3) is 0 Å². The highest BCUT2D eigenvalue weighted by atomic mass is 16.5. The summed E-state index contributed by atoms with van der Waals surface area (Å²) in [7, 11) is 4.57. The van der Waals surface area contributed by atoms with Crippen LogP contribution in [0.3, 0.4) is 0 Å². The second-order valence-corrected chi connectivity index (χ2v) is 6.04. The van der Waals surface area contributed by atoms with Gasteiger partial charge in [-0.3, -0.25) is 0 Å². The monoisotopic (exact) mass is 374 g/mol. The van der Waals surface area contributed by atoms with Crippen molar-refractivity contribution in [3.8, 4) is 23.0 Å². The van der Waals surface area contributed by atoms with Crippen LogP contribution in [-0.4, -0.2) is 33.5 Å². The number of carbonyl (C=O) groups is 1. The van der Waals surface area contributed by atoms with Gasteiger partial charge in [-0.1, -0.05) is 12.1 Å². The van der Waals surface area contributed by atoms with Crippen molar-refractivity contribution < 1.29 is 23.7 Å². The summed E-state index contributed by atoms with van der Waals surface area (Å²) in [6, 6.07) is 10.6. The minimum Gasteiger partial charge on any atom is -0.493 e. The zero-order valence-electron chi connectivity index (χ0n) is 16.3. The van der Waals surface area contributed by atoms with Gasteiger partial charge in [-0.2, -0.15) is 0 Å². The average Bonchev–Trinajstić information content (AvgIpc) is 2.65. The maximum atomic E-state index is 12.2. The van der Waals surface area contributed by atoms with Gasteiger partial charge in [0, 0.05) is 18.7 Å². The molecule has 0 saturated heterocycles. The number of hydrogen-bond donors (Lipinski definition) is 2. The topological polar surface area (TPSA) is 78.1 Å². The van der Waals surface area contributed by atoms with Gasteiger partial charge in [-0.15, -0.1) is 0 Å². The van der Waals surface area contributed by atoms with E-state index in [-0.39, 0.29) is 12.1 Å². The van der Waals surface area contributed by atoms with E-state index >= 15 is 0 Å². The third kappa shape index (κ3) is 5.70. The molecule has 0 aliphatic carbocycles. The molecule has 7 nitrogen and oxygen atoms in total. The quantitative estimate of drug-likeness (QED) is 0.734. The summed E-state index contributed by atoms with van der Waals surface area (Å²) in [5, 5.41) is 5.58. The van der Waals surface area contributed by atoms with Crippen molar-refractivity contribution in [1.29, 1.82) is 0 Å². The molecule has 0 aromatic heterocycles. The lowest BCUT2D eigenvalue weighted by atomic mass is 10.2. The summed E-state index contributed by atoms with van der Waals surface area (Å²) in [4.78, 5) is 12.2. The SMILES string of the molecule is COc1cc(NC(=O)NCc2cccc(OC(C)C)c2)cc(OC)c1OC. The zero-order chi connectivity index (χ0) is 19.8. The van der Waals surface area contributed by atoms with E-state index in [1.54, 1.807) is 12.1 Å². The van der Waals surface area contributed by atoms with Crippen LogP contribution in [0.1, 0.15) is 19.4 Å². The van der Waals surface area contributed by atoms with E-state index in [0.717, 1.165) is 11.3 Å². The highest BCUT2D eigenvalue weighted by Crippen LogP contribution is 2.39. The molecule has 0 heterocycles. The number of ether oxygens (including phenoxy) is 4. The maximum Gasteiger partial charge on any atom is 0.319 e. The number of carbonyl (C=O) groups excluding carboxylic acids is 1. The van der Waals surface area contributed by atoms with E-state index in [1.165, 1.54) is 21.3 Å². The molecule has 2 aromatic rings. The van der Waals surface area contributed by atoms with Gasteiger partial charge in [0.25, 0.3) is 0 Å². The molecule has 0 aliphatic rings. The maximum absolute atomic E-state index is 12.2. The average molecular weight is 374 g/mol. The van der Waals surface area contributed by atoms with Crippen molar-refractivity contribution in [3.05, 3.63) is 42.0 Å². The molecular weight excluding hydrogens is 348 g/mol. The number of urea groups is 1. The third-order valence-corrected chi connectivity index (χ3v) is 3.65. The number of amides is 2. The zero-order valence-corrected chi connectivity index (χ0v) is 16.3. The Hall–Kier alpha value is -3.09. The van der Waals surface area contributed by atoms with Crippen molar-refractivity contribution in [3.63, 3.8) is 0 Å². The molecule has 2 N–H and O–H groups in total. The van der Waals surface area contributed by atoms with Gasteiger partial charge in [-0.05, 0) is 31.5 Å². The van der Waals surface area contributed by atoms with Crippen molar-refractivity contribution in [2.75, 3.05) is 26.6 Å². The van der Waals surface area contributed by atoms with Crippen molar-refractivity contribution in [2.45, 2.75) is 26.5 Å². The molecule has 7 heteroatoms. The number of methoxy groups -OCH3 is 3. The number of anilines is 1. The van der Waals surface area contributed by atoms with E-state index in [1.807, 2.05) is 38.1 Å². The summed E-state index contributed by atoms with van der Waals surface area (Å²) in [5.74, 6) is 2.17. The minimum absolute atomic E-state index is 0.0940. The van der Waals surface area contributed by atoms with Gasteiger partial charge in [0.05, 0.1) is 33.1 Å². The lowest BCUT2D eigenvalue weighted by Gasteiger charge is -2.15. The molecule has 27 heavy (non-hydrogen) atoms. The summed E-state index contributed by atoms with van der Waals surface area (Å²) in [5.41, 5.74) is 1.46. The second-order valence-electron chi connectivity index (χ2n) is 6.04. The van der Waals surface area contributed by atoms with Crippen molar-refractivity contribution in [2.24, 2.45) is 0 Å². The van der Waals surface area contributed by atoms with Crippen LogP contribution in [0, 0.1) is 0 Å². The first kappa shape index (κ1) is 20.2. The van der Waals surface area contributed by atoms with Gasteiger partial charge in [0.2, 0.25) is 5.75 Å². The van der Waals surface area contributed by atoms with E-state index in [4.69, 9.17) is 18.9 Å². The fourth-order valence-corrected chi connectivity index (χ4v) is 2.51. The van der Waals surface area contributed by atoms with Gasteiger partial charge < -0.3 is 29.6 Å². The standard InChI is InChI=1S/C20H26N2O5/c1-13(2)27-16-8-6-7-14(9-16)12-21-20(23)22-15-10-17(24-3)19(26-5)18(11-15)25-4/h6-11,13H,12H2,1-5H3,(H2,21,22,23). The summed E-state index contributed by atoms with van der Waals surface area (Å²) >= 11 is 0. The smallest absolute Gasteiger partial charge is 0.319 e. The second kappa shape index (κ2) is 9.56. The highest BCUT2D eigenvalue weighted by Gasteiger charge is 2.14. The largest absolute Gasteiger partial charge is 0.493 e. The number of nitrogens with one attached hydrogen (secondary N) is 2.